The summed E-state index contributed by atoms with van der Waals surface area (Å²) in [6, 6.07) is 5.67. The predicted molar refractivity (Wildman–Crippen MR) is 103 cm³/mol. The van der Waals surface area contributed by atoms with Crippen LogP contribution in [0.5, 0.6) is 0 Å². The van der Waals surface area contributed by atoms with E-state index in [2.05, 4.69) is 20.2 Å². The number of rotatable bonds is 4. The maximum Gasteiger partial charge on any atom is 0.416 e. The standard InChI is InChI=1S/C19H12F3N7O3/c20-19(21,22)10-5-3-9(4-6-10)13(17(30)31)28-16-11(8-24-28)15-25-14(12-2-1-7-32-12)27-29(15)18(23)26-16/h1-8,13H,(H2,23,26)(H,30,31). The lowest BCUT2D eigenvalue weighted by molar-refractivity contribution is -0.139. The minimum atomic E-state index is -4.55. The number of anilines is 1. The van der Waals surface area contributed by atoms with Crippen molar-refractivity contribution in [1.29, 1.82) is 0 Å². The van der Waals surface area contributed by atoms with Crippen LogP contribution in [-0.4, -0.2) is 40.4 Å². The van der Waals surface area contributed by atoms with Gasteiger partial charge >= 0.3 is 12.1 Å². The van der Waals surface area contributed by atoms with Gasteiger partial charge in [0.05, 0.1) is 23.4 Å². The highest BCUT2D eigenvalue weighted by Crippen LogP contribution is 2.32. The summed E-state index contributed by atoms with van der Waals surface area (Å²) in [5.74, 6) is -0.799. The van der Waals surface area contributed by atoms with E-state index in [1.165, 1.54) is 17.0 Å². The number of aromatic nitrogens is 6. The maximum atomic E-state index is 12.9. The van der Waals surface area contributed by atoms with E-state index in [-0.39, 0.29) is 28.6 Å². The molecule has 0 saturated carbocycles. The highest BCUT2D eigenvalue weighted by Gasteiger charge is 2.32. The Morgan fingerprint density at radius 2 is 1.88 bits per heavy atom. The Morgan fingerprint density at radius 1 is 1.12 bits per heavy atom. The second-order valence-corrected chi connectivity index (χ2v) is 6.81. The molecule has 0 amide bonds. The van der Waals surface area contributed by atoms with Gasteiger partial charge in [0.15, 0.2) is 23.1 Å². The number of furan rings is 1. The summed E-state index contributed by atoms with van der Waals surface area (Å²) in [6.45, 7) is 0. The quantitative estimate of drug-likeness (QED) is 0.432. The molecule has 32 heavy (non-hydrogen) atoms. The molecule has 162 valence electrons. The lowest BCUT2D eigenvalue weighted by Crippen LogP contribution is -2.22. The molecular weight excluding hydrogens is 431 g/mol. The van der Waals surface area contributed by atoms with Gasteiger partial charge in [-0.3, -0.25) is 0 Å². The van der Waals surface area contributed by atoms with E-state index in [0.717, 1.165) is 28.9 Å². The lowest BCUT2D eigenvalue weighted by Gasteiger charge is -2.15. The first kappa shape index (κ1) is 19.5. The largest absolute Gasteiger partial charge is 0.479 e. The Balaban J connectivity index is 1.66. The topological polar surface area (TPSA) is 137 Å². The van der Waals surface area contributed by atoms with Crippen LogP contribution in [0.4, 0.5) is 19.1 Å². The first-order valence-electron chi connectivity index (χ1n) is 9.07. The van der Waals surface area contributed by atoms with Crippen molar-refractivity contribution in [3.8, 4) is 11.6 Å². The summed E-state index contributed by atoms with van der Waals surface area (Å²) in [4.78, 5) is 20.6. The molecule has 4 heterocycles. The maximum absolute atomic E-state index is 12.9. The molecule has 0 bridgehead atoms. The normalized spacial score (nSPS) is 13.1. The fourth-order valence-corrected chi connectivity index (χ4v) is 3.37. The minimum Gasteiger partial charge on any atom is -0.479 e. The van der Waals surface area contributed by atoms with E-state index < -0.39 is 23.8 Å². The van der Waals surface area contributed by atoms with Crippen molar-refractivity contribution in [2.24, 2.45) is 0 Å². The molecule has 0 saturated heterocycles. The van der Waals surface area contributed by atoms with Crippen LogP contribution < -0.4 is 5.73 Å². The number of carbonyl (C=O) groups is 1. The summed E-state index contributed by atoms with van der Waals surface area (Å²) in [7, 11) is 0. The lowest BCUT2D eigenvalue weighted by atomic mass is 10.0. The smallest absolute Gasteiger partial charge is 0.416 e. The zero-order chi connectivity index (χ0) is 22.6. The number of hydrogen-bond acceptors (Lipinski definition) is 7. The van der Waals surface area contributed by atoms with Crippen LogP contribution in [0.25, 0.3) is 28.3 Å². The van der Waals surface area contributed by atoms with Gasteiger partial charge in [0.2, 0.25) is 11.8 Å². The van der Waals surface area contributed by atoms with Crippen LogP contribution in [0.3, 0.4) is 0 Å². The molecule has 5 rings (SSSR count). The fraction of sp³-hybridized carbons (Fsp3) is 0.105. The third-order valence-electron chi connectivity index (χ3n) is 4.83. The number of nitrogens with zero attached hydrogens (tertiary/aromatic N) is 6. The van der Waals surface area contributed by atoms with Gasteiger partial charge in [0.1, 0.15) is 0 Å². The molecule has 13 heteroatoms. The molecule has 0 aliphatic carbocycles. The highest BCUT2D eigenvalue weighted by atomic mass is 19.4. The van der Waals surface area contributed by atoms with Crippen molar-refractivity contribution in [2.45, 2.75) is 12.2 Å². The van der Waals surface area contributed by atoms with Gasteiger partial charge in [0, 0.05) is 0 Å². The molecular formula is C19H12F3N7O3. The van der Waals surface area contributed by atoms with Crippen LogP contribution >= 0.6 is 0 Å². The predicted octanol–water partition coefficient (Wildman–Crippen LogP) is 3.01. The van der Waals surface area contributed by atoms with Gasteiger partial charge in [-0.2, -0.15) is 27.8 Å². The van der Waals surface area contributed by atoms with Gasteiger partial charge in [-0.1, -0.05) is 12.1 Å². The number of alkyl halides is 3. The molecule has 0 aliphatic heterocycles. The van der Waals surface area contributed by atoms with Gasteiger partial charge in [0.25, 0.3) is 0 Å². The number of hydrogen-bond donors (Lipinski definition) is 2. The van der Waals surface area contributed by atoms with Crippen molar-refractivity contribution in [1.82, 2.24) is 29.4 Å². The number of fused-ring (bicyclic) bond motifs is 3. The van der Waals surface area contributed by atoms with Gasteiger partial charge < -0.3 is 15.3 Å². The summed E-state index contributed by atoms with van der Waals surface area (Å²) < 4.78 is 46.3. The monoisotopic (exact) mass is 443 g/mol. The second-order valence-electron chi connectivity index (χ2n) is 6.81. The van der Waals surface area contributed by atoms with Crippen LogP contribution in [-0.2, 0) is 11.0 Å². The third kappa shape index (κ3) is 3.02. The summed E-state index contributed by atoms with van der Waals surface area (Å²) in [5, 5.41) is 18.5. The molecule has 0 aliphatic rings. The molecule has 1 atom stereocenters. The van der Waals surface area contributed by atoms with Crippen molar-refractivity contribution in [2.75, 3.05) is 5.73 Å². The first-order chi connectivity index (χ1) is 15.2. The van der Waals surface area contributed by atoms with Crippen LogP contribution in [0.2, 0.25) is 0 Å². The van der Waals surface area contributed by atoms with Gasteiger partial charge in [-0.05, 0) is 29.8 Å². The van der Waals surface area contributed by atoms with E-state index in [9.17, 15) is 23.1 Å². The first-order valence-corrected chi connectivity index (χ1v) is 9.07. The zero-order valence-electron chi connectivity index (χ0n) is 15.9. The number of aliphatic carboxylic acids is 1. The molecule has 0 spiro atoms. The molecule has 1 aromatic carbocycles. The molecule has 5 aromatic rings. The summed E-state index contributed by atoms with van der Waals surface area (Å²) in [5.41, 5.74) is 5.54. The minimum absolute atomic E-state index is 0.0773. The number of benzene rings is 1. The van der Waals surface area contributed by atoms with E-state index in [4.69, 9.17) is 10.2 Å². The number of carboxylic acid groups (broad SMARTS) is 1. The molecule has 0 radical (unpaired) electrons. The fourth-order valence-electron chi connectivity index (χ4n) is 3.37. The number of halogens is 3. The van der Waals surface area contributed by atoms with Crippen molar-refractivity contribution >= 4 is 28.6 Å². The SMILES string of the molecule is Nc1nc2c(cnn2C(C(=O)O)c2ccc(C(F)(F)F)cc2)c2nc(-c3ccco3)nn12. The van der Waals surface area contributed by atoms with E-state index in [1.54, 1.807) is 12.1 Å². The number of carboxylic acids is 1. The van der Waals surface area contributed by atoms with E-state index >= 15 is 0 Å². The Hall–Kier alpha value is -4.42. The summed E-state index contributed by atoms with van der Waals surface area (Å²) in [6.07, 6.45) is -1.74. The molecule has 10 nitrogen and oxygen atoms in total. The summed E-state index contributed by atoms with van der Waals surface area (Å²) >= 11 is 0. The molecule has 0 fully saturated rings. The van der Waals surface area contributed by atoms with Gasteiger partial charge in [-0.15, -0.1) is 5.10 Å². The zero-order valence-corrected chi connectivity index (χ0v) is 15.9. The average Bonchev–Trinajstić information content (AvgIpc) is 3.47. The van der Waals surface area contributed by atoms with E-state index in [0.29, 0.717) is 11.1 Å². The van der Waals surface area contributed by atoms with E-state index in [1.807, 2.05) is 0 Å². The average molecular weight is 443 g/mol. The molecule has 3 N–H and O–H groups in total. The van der Waals surface area contributed by atoms with Crippen molar-refractivity contribution in [3.05, 3.63) is 60.0 Å². The molecule has 4 aromatic heterocycles. The highest BCUT2D eigenvalue weighted by molar-refractivity contribution is 5.91. The van der Waals surface area contributed by atoms with Gasteiger partial charge in [-0.25, -0.2) is 14.5 Å². The second kappa shape index (κ2) is 6.80. The van der Waals surface area contributed by atoms with Crippen molar-refractivity contribution in [3.63, 3.8) is 0 Å². The van der Waals surface area contributed by atoms with Crippen LogP contribution in [0.1, 0.15) is 17.2 Å². The third-order valence-corrected chi connectivity index (χ3v) is 4.83. The Bertz CT molecular complexity index is 1450. The number of nitrogen functional groups attached to an aromatic ring is 1. The van der Waals surface area contributed by atoms with Crippen molar-refractivity contribution < 1.29 is 27.5 Å². The molecule has 1 unspecified atom stereocenters. The Labute approximate surface area is 175 Å². The van der Waals surface area contributed by atoms with Crippen LogP contribution in [0.15, 0.2) is 53.3 Å². The van der Waals surface area contributed by atoms with Crippen LogP contribution in [0, 0.1) is 0 Å². The Kier molecular flexibility index (Phi) is 4.15. The number of nitrogens with two attached hydrogens (primary N) is 1. The Morgan fingerprint density at radius 3 is 2.50 bits per heavy atom.